The van der Waals surface area contributed by atoms with Crippen LogP contribution in [0.4, 0.5) is 11.4 Å². The fraction of sp³-hybridized carbons (Fsp3) is 0.167. The number of benzene rings is 3. The van der Waals surface area contributed by atoms with E-state index in [0.29, 0.717) is 23.7 Å². The van der Waals surface area contributed by atoms with Gasteiger partial charge in [0.2, 0.25) is 0 Å². The molecule has 0 unspecified atom stereocenters. The summed E-state index contributed by atoms with van der Waals surface area (Å²) in [5.74, 6) is 0.316. The summed E-state index contributed by atoms with van der Waals surface area (Å²) in [4.78, 5) is 24.0. The van der Waals surface area contributed by atoms with Gasteiger partial charge in [0.1, 0.15) is 11.5 Å². The third-order valence-electron chi connectivity index (χ3n) is 4.13. The normalized spacial score (nSPS) is 10.2. The Hall–Kier alpha value is -3.80. The lowest BCUT2D eigenvalue weighted by Crippen LogP contribution is -2.19. The Bertz CT molecular complexity index is 953. The van der Waals surface area contributed by atoms with Crippen LogP contribution >= 0.6 is 0 Å². The highest BCUT2D eigenvalue weighted by atomic mass is 16.6. The molecule has 0 heterocycles. The molecule has 0 radical (unpaired) electrons. The molecule has 3 aromatic carbocycles. The lowest BCUT2D eigenvalue weighted by atomic mass is 10.1. The summed E-state index contributed by atoms with van der Waals surface area (Å²) in [5.41, 5.74) is 2.33. The van der Waals surface area contributed by atoms with Gasteiger partial charge in [0, 0.05) is 16.9 Å². The van der Waals surface area contributed by atoms with Gasteiger partial charge in [-0.1, -0.05) is 18.2 Å². The summed E-state index contributed by atoms with van der Waals surface area (Å²) in [6.07, 6.45) is 0. The highest BCUT2D eigenvalue weighted by Gasteiger charge is 2.11. The number of hydrogen-bond acceptors (Lipinski definition) is 6. The third kappa shape index (κ3) is 6.38. The Morgan fingerprint density at radius 2 is 1.33 bits per heavy atom. The summed E-state index contributed by atoms with van der Waals surface area (Å²) < 4.78 is 15.8. The molecule has 0 aliphatic rings. The van der Waals surface area contributed by atoms with E-state index >= 15 is 0 Å². The molecule has 0 fully saturated rings. The van der Waals surface area contributed by atoms with Crippen molar-refractivity contribution in [3.63, 3.8) is 0 Å². The van der Waals surface area contributed by atoms with E-state index in [4.69, 9.17) is 14.2 Å². The van der Waals surface area contributed by atoms with E-state index in [1.807, 2.05) is 49.4 Å². The fourth-order valence-electron chi connectivity index (χ4n) is 2.64. The molecule has 154 valence electrons. The SMILES string of the molecule is CCOc1ccc(C(=O)COC(=O)COc2ccc(Nc3ccccc3)cc2)cc1. The second kappa shape index (κ2) is 10.7. The topological polar surface area (TPSA) is 73.9 Å². The number of esters is 1. The molecule has 6 heteroatoms. The summed E-state index contributed by atoms with van der Waals surface area (Å²) in [6, 6.07) is 23.7. The van der Waals surface area contributed by atoms with E-state index in [1.165, 1.54) is 0 Å². The lowest BCUT2D eigenvalue weighted by Gasteiger charge is -2.09. The number of carbonyl (C=O) groups excluding carboxylic acids is 2. The molecule has 0 saturated heterocycles. The molecule has 0 saturated carbocycles. The molecular formula is C24H23NO5. The summed E-state index contributed by atoms with van der Waals surface area (Å²) >= 11 is 0. The predicted octanol–water partition coefficient (Wildman–Crippen LogP) is 4.63. The zero-order chi connectivity index (χ0) is 21.2. The van der Waals surface area contributed by atoms with E-state index in [9.17, 15) is 9.59 Å². The number of carbonyl (C=O) groups is 2. The first kappa shape index (κ1) is 20.9. The van der Waals surface area contributed by atoms with E-state index in [2.05, 4.69) is 5.32 Å². The molecule has 1 N–H and O–H groups in total. The van der Waals surface area contributed by atoms with Crippen molar-refractivity contribution in [2.24, 2.45) is 0 Å². The molecule has 0 atom stereocenters. The molecule has 0 spiro atoms. The molecule has 3 rings (SSSR count). The first-order valence-corrected chi connectivity index (χ1v) is 9.60. The van der Waals surface area contributed by atoms with Crippen molar-refractivity contribution in [3.05, 3.63) is 84.4 Å². The maximum atomic E-state index is 12.1. The molecule has 3 aromatic rings. The highest BCUT2D eigenvalue weighted by Crippen LogP contribution is 2.20. The standard InChI is InChI=1S/C24H23NO5/c1-2-28-21-12-8-18(9-13-21)23(26)16-30-24(27)17-29-22-14-10-20(11-15-22)25-19-6-4-3-5-7-19/h3-15,25H,2,16-17H2,1H3. The van der Waals surface area contributed by atoms with Crippen LogP contribution in [0, 0.1) is 0 Å². The van der Waals surface area contributed by atoms with E-state index in [-0.39, 0.29) is 19.0 Å². The van der Waals surface area contributed by atoms with Crippen LogP contribution in [-0.4, -0.2) is 31.6 Å². The smallest absolute Gasteiger partial charge is 0.344 e. The second-order valence-corrected chi connectivity index (χ2v) is 6.35. The number of anilines is 2. The van der Waals surface area contributed by atoms with E-state index in [1.54, 1.807) is 36.4 Å². The first-order valence-electron chi connectivity index (χ1n) is 9.60. The molecule has 0 amide bonds. The molecular weight excluding hydrogens is 382 g/mol. The Balaban J connectivity index is 1.41. The predicted molar refractivity (Wildman–Crippen MR) is 115 cm³/mol. The van der Waals surface area contributed by atoms with Crippen molar-refractivity contribution in [2.45, 2.75) is 6.92 Å². The Kier molecular flexibility index (Phi) is 7.44. The van der Waals surface area contributed by atoms with E-state index < -0.39 is 5.97 Å². The van der Waals surface area contributed by atoms with Crippen molar-refractivity contribution < 1.29 is 23.8 Å². The average molecular weight is 405 g/mol. The Morgan fingerprint density at radius 3 is 2.00 bits per heavy atom. The summed E-state index contributed by atoms with van der Waals surface area (Å²) in [7, 11) is 0. The molecule has 6 nitrogen and oxygen atoms in total. The second-order valence-electron chi connectivity index (χ2n) is 6.35. The number of hydrogen-bond donors (Lipinski definition) is 1. The maximum absolute atomic E-state index is 12.1. The third-order valence-corrected chi connectivity index (χ3v) is 4.13. The maximum Gasteiger partial charge on any atom is 0.344 e. The number of rotatable bonds is 10. The molecule has 0 bridgehead atoms. The van der Waals surface area contributed by atoms with Crippen LogP contribution in [0.15, 0.2) is 78.9 Å². The van der Waals surface area contributed by atoms with Gasteiger partial charge >= 0.3 is 5.97 Å². The van der Waals surface area contributed by atoms with Crippen LogP contribution in [0.25, 0.3) is 0 Å². The van der Waals surface area contributed by atoms with Crippen LogP contribution < -0.4 is 14.8 Å². The number of ether oxygens (including phenoxy) is 3. The Morgan fingerprint density at radius 1 is 0.733 bits per heavy atom. The van der Waals surface area contributed by atoms with Crippen LogP contribution in [0.2, 0.25) is 0 Å². The van der Waals surface area contributed by atoms with Gasteiger partial charge in [-0.3, -0.25) is 4.79 Å². The number of ketones is 1. The van der Waals surface area contributed by atoms with Gasteiger partial charge < -0.3 is 19.5 Å². The first-order chi connectivity index (χ1) is 14.6. The van der Waals surface area contributed by atoms with Crippen LogP contribution in [0.5, 0.6) is 11.5 Å². The van der Waals surface area contributed by atoms with Gasteiger partial charge in [0.25, 0.3) is 0 Å². The monoisotopic (exact) mass is 405 g/mol. The zero-order valence-corrected chi connectivity index (χ0v) is 16.7. The zero-order valence-electron chi connectivity index (χ0n) is 16.7. The number of nitrogens with one attached hydrogen (secondary N) is 1. The molecule has 0 aromatic heterocycles. The van der Waals surface area contributed by atoms with Crippen molar-refractivity contribution in [3.8, 4) is 11.5 Å². The van der Waals surface area contributed by atoms with Crippen LogP contribution in [-0.2, 0) is 9.53 Å². The van der Waals surface area contributed by atoms with Gasteiger partial charge in [-0.25, -0.2) is 4.79 Å². The minimum absolute atomic E-state index is 0.276. The number of Topliss-reactive ketones (excluding diaryl/α,β-unsaturated/α-hetero) is 1. The van der Waals surface area contributed by atoms with Crippen molar-refractivity contribution in [2.75, 3.05) is 25.1 Å². The molecule has 0 aliphatic carbocycles. The highest BCUT2D eigenvalue weighted by molar-refractivity contribution is 5.98. The van der Waals surface area contributed by atoms with E-state index in [0.717, 1.165) is 11.4 Å². The molecule has 30 heavy (non-hydrogen) atoms. The van der Waals surface area contributed by atoms with Gasteiger partial charge in [-0.15, -0.1) is 0 Å². The van der Waals surface area contributed by atoms with Crippen LogP contribution in [0.3, 0.4) is 0 Å². The van der Waals surface area contributed by atoms with Gasteiger partial charge in [-0.2, -0.15) is 0 Å². The Labute approximate surface area is 175 Å². The van der Waals surface area contributed by atoms with Crippen LogP contribution in [0.1, 0.15) is 17.3 Å². The van der Waals surface area contributed by atoms with Gasteiger partial charge in [0.05, 0.1) is 6.61 Å². The lowest BCUT2D eigenvalue weighted by molar-refractivity contribution is -0.144. The fourth-order valence-corrected chi connectivity index (χ4v) is 2.64. The van der Waals surface area contributed by atoms with Crippen molar-refractivity contribution in [1.29, 1.82) is 0 Å². The van der Waals surface area contributed by atoms with Crippen molar-refractivity contribution >= 4 is 23.1 Å². The number of para-hydroxylation sites is 1. The summed E-state index contributed by atoms with van der Waals surface area (Å²) in [6.45, 7) is 1.83. The minimum Gasteiger partial charge on any atom is -0.494 e. The van der Waals surface area contributed by atoms with Gasteiger partial charge in [-0.05, 0) is 67.6 Å². The largest absolute Gasteiger partial charge is 0.494 e. The minimum atomic E-state index is -0.610. The molecule has 0 aliphatic heterocycles. The average Bonchev–Trinajstić information content (AvgIpc) is 2.78. The summed E-state index contributed by atoms with van der Waals surface area (Å²) in [5, 5.41) is 3.26. The van der Waals surface area contributed by atoms with Gasteiger partial charge in [0.15, 0.2) is 19.0 Å². The van der Waals surface area contributed by atoms with Crippen molar-refractivity contribution in [1.82, 2.24) is 0 Å². The quantitative estimate of drug-likeness (QED) is 0.391.